The Morgan fingerprint density at radius 1 is 1.38 bits per heavy atom. The minimum absolute atomic E-state index is 0.0172. The number of benzene rings is 1. The Hall–Kier alpha value is -2.05. The summed E-state index contributed by atoms with van der Waals surface area (Å²) in [6.07, 6.45) is 3.54. The summed E-state index contributed by atoms with van der Waals surface area (Å²) in [6.45, 7) is 5.25. The molecule has 0 aliphatic heterocycles. The number of urea groups is 1. The van der Waals surface area contributed by atoms with E-state index >= 15 is 0 Å². The molecule has 1 aromatic heterocycles. The number of rotatable bonds is 8. The molecule has 2 rings (SSSR count). The number of ether oxygens (including phenoxy) is 1. The van der Waals surface area contributed by atoms with Crippen molar-refractivity contribution >= 4 is 22.6 Å². The molecule has 1 aromatic carbocycles. The summed E-state index contributed by atoms with van der Waals surface area (Å²) in [5.41, 5.74) is 1.23. The standard InChI is InChI=1S/C18H27N3O3/c1-4-9-21-10-7-14-5-6-15(12-16(14)21)19-17(23)20-18(2,8-11-22)13-24-3/h5-7,10,12,22H,4,8-9,11,13H2,1-3H3,(H2,19,20,23)/t18-/m0/s1. The summed E-state index contributed by atoms with van der Waals surface area (Å²) in [6, 6.07) is 7.63. The lowest BCUT2D eigenvalue weighted by Crippen LogP contribution is -2.51. The molecular formula is C18H27N3O3. The molecule has 0 fully saturated rings. The van der Waals surface area contributed by atoms with Crippen LogP contribution in [0.3, 0.4) is 0 Å². The average Bonchev–Trinajstić information content (AvgIpc) is 2.90. The highest BCUT2D eigenvalue weighted by atomic mass is 16.5. The number of amides is 2. The summed E-state index contributed by atoms with van der Waals surface area (Å²) in [4.78, 5) is 12.3. The zero-order chi connectivity index (χ0) is 17.6. The second kappa shape index (κ2) is 8.17. The zero-order valence-corrected chi connectivity index (χ0v) is 14.6. The van der Waals surface area contributed by atoms with E-state index in [1.54, 1.807) is 7.11 Å². The van der Waals surface area contributed by atoms with Gasteiger partial charge in [-0.3, -0.25) is 0 Å². The highest BCUT2D eigenvalue weighted by molar-refractivity contribution is 5.93. The number of hydrogen-bond donors (Lipinski definition) is 3. The number of aliphatic hydroxyl groups is 1. The Morgan fingerprint density at radius 3 is 2.83 bits per heavy atom. The largest absolute Gasteiger partial charge is 0.396 e. The molecule has 0 radical (unpaired) electrons. The van der Waals surface area contributed by atoms with Crippen LogP contribution in [0.25, 0.3) is 10.9 Å². The van der Waals surface area contributed by atoms with E-state index in [1.165, 1.54) is 0 Å². The van der Waals surface area contributed by atoms with Crippen LogP contribution in [0.2, 0.25) is 0 Å². The Kier molecular flexibility index (Phi) is 6.23. The maximum atomic E-state index is 12.3. The van der Waals surface area contributed by atoms with Gasteiger partial charge in [-0.2, -0.15) is 0 Å². The highest BCUT2D eigenvalue weighted by Gasteiger charge is 2.26. The van der Waals surface area contributed by atoms with Gasteiger partial charge in [0, 0.05) is 32.1 Å². The Bertz CT molecular complexity index is 675. The van der Waals surface area contributed by atoms with Crippen molar-refractivity contribution in [1.82, 2.24) is 9.88 Å². The number of fused-ring (bicyclic) bond motifs is 1. The van der Waals surface area contributed by atoms with Crippen LogP contribution >= 0.6 is 0 Å². The summed E-state index contributed by atoms with van der Waals surface area (Å²) < 4.78 is 7.32. The van der Waals surface area contributed by atoms with E-state index in [1.807, 2.05) is 25.1 Å². The lowest BCUT2D eigenvalue weighted by atomic mass is 10.00. The molecule has 132 valence electrons. The second-order valence-electron chi connectivity index (χ2n) is 6.33. The summed E-state index contributed by atoms with van der Waals surface area (Å²) in [5.74, 6) is 0. The van der Waals surface area contributed by atoms with Gasteiger partial charge in [-0.15, -0.1) is 0 Å². The van der Waals surface area contributed by atoms with Gasteiger partial charge < -0.3 is 25.0 Å². The predicted octanol–water partition coefficient (Wildman–Crippen LogP) is 2.96. The molecule has 6 heteroatoms. The first-order valence-electron chi connectivity index (χ1n) is 8.29. The number of aliphatic hydroxyl groups excluding tert-OH is 1. The average molecular weight is 333 g/mol. The molecule has 0 saturated carbocycles. The molecule has 2 aromatic rings. The topological polar surface area (TPSA) is 75.5 Å². The highest BCUT2D eigenvalue weighted by Crippen LogP contribution is 2.21. The molecule has 24 heavy (non-hydrogen) atoms. The molecular weight excluding hydrogens is 306 g/mol. The van der Waals surface area contributed by atoms with Crippen LogP contribution in [0.15, 0.2) is 30.5 Å². The van der Waals surface area contributed by atoms with Crippen LogP contribution in [0.5, 0.6) is 0 Å². The maximum absolute atomic E-state index is 12.3. The van der Waals surface area contributed by atoms with Gasteiger partial charge in [0.1, 0.15) is 0 Å². The van der Waals surface area contributed by atoms with Crippen LogP contribution in [0, 0.1) is 0 Å². The van der Waals surface area contributed by atoms with Crippen molar-refractivity contribution in [3.63, 3.8) is 0 Å². The van der Waals surface area contributed by atoms with Gasteiger partial charge in [0.05, 0.1) is 17.7 Å². The number of aromatic nitrogens is 1. The van der Waals surface area contributed by atoms with Gasteiger partial charge >= 0.3 is 6.03 Å². The number of carbonyl (C=O) groups is 1. The summed E-state index contributed by atoms with van der Waals surface area (Å²) in [5, 5.41) is 16.1. The third-order valence-electron chi connectivity index (χ3n) is 4.04. The third kappa shape index (κ3) is 4.49. The van der Waals surface area contributed by atoms with Gasteiger partial charge in [-0.1, -0.05) is 13.0 Å². The third-order valence-corrected chi connectivity index (χ3v) is 4.04. The molecule has 2 amide bonds. The smallest absolute Gasteiger partial charge is 0.319 e. The number of methoxy groups -OCH3 is 1. The van der Waals surface area contributed by atoms with Gasteiger partial charge in [0.2, 0.25) is 0 Å². The lowest BCUT2D eigenvalue weighted by Gasteiger charge is -2.29. The number of hydrogen-bond acceptors (Lipinski definition) is 3. The van der Waals surface area contributed by atoms with E-state index in [0.717, 1.165) is 29.6 Å². The van der Waals surface area contributed by atoms with Gasteiger partial charge in [0.25, 0.3) is 0 Å². The number of nitrogens with zero attached hydrogens (tertiary/aromatic N) is 1. The molecule has 0 bridgehead atoms. The van der Waals surface area contributed by atoms with Gasteiger partial charge in [-0.25, -0.2) is 4.79 Å². The number of carbonyl (C=O) groups excluding carboxylic acids is 1. The molecule has 0 aliphatic carbocycles. The fourth-order valence-corrected chi connectivity index (χ4v) is 2.87. The van der Waals surface area contributed by atoms with Crippen LogP contribution in [0.1, 0.15) is 26.7 Å². The summed E-state index contributed by atoms with van der Waals surface area (Å²) in [7, 11) is 1.57. The minimum Gasteiger partial charge on any atom is -0.396 e. The molecule has 0 spiro atoms. The van der Waals surface area contributed by atoms with Crippen molar-refractivity contribution in [2.75, 3.05) is 25.6 Å². The Morgan fingerprint density at radius 2 is 2.17 bits per heavy atom. The monoisotopic (exact) mass is 333 g/mol. The minimum atomic E-state index is -0.611. The fourth-order valence-electron chi connectivity index (χ4n) is 2.87. The van der Waals surface area contributed by atoms with E-state index in [9.17, 15) is 9.90 Å². The van der Waals surface area contributed by atoms with Gasteiger partial charge in [0.15, 0.2) is 0 Å². The van der Waals surface area contributed by atoms with Crippen molar-refractivity contribution < 1.29 is 14.6 Å². The van der Waals surface area contributed by atoms with E-state index in [2.05, 4.69) is 34.4 Å². The van der Waals surface area contributed by atoms with E-state index in [4.69, 9.17) is 4.74 Å². The Labute approximate surface area is 142 Å². The fraction of sp³-hybridized carbons (Fsp3) is 0.500. The van der Waals surface area contributed by atoms with Crippen molar-refractivity contribution in [3.8, 4) is 0 Å². The quantitative estimate of drug-likeness (QED) is 0.695. The molecule has 0 aliphatic rings. The van der Waals surface area contributed by atoms with Crippen molar-refractivity contribution in [2.45, 2.75) is 38.8 Å². The molecule has 6 nitrogen and oxygen atoms in total. The van der Waals surface area contributed by atoms with E-state index in [-0.39, 0.29) is 12.6 Å². The number of nitrogens with one attached hydrogen (secondary N) is 2. The van der Waals surface area contributed by atoms with E-state index < -0.39 is 5.54 Å². The maximum Gasteiger partial charge on any atom is 0.319 e. The molecule has 1 heterocycles. The SMILES string of the molecule is CCCn1ccc2ccc(NC(=O)N[C@@](C)(CCO)COC)cc21. The molecule has 1 atom stereocenters. The van der Waals surface area contributed by atoms with Crippen molar-refractivity contribution in [1.29, 1.82) is 0 Å². The Balaban J connectivity index is 2.10. The van der Waals surface area contributed by atoms with Crippen molar-refractivity contribution in [3.05, 3.63) is 30.5 Å². The molecule has 0 unspecified atom stereocenters. The van der Waals surface area contributed by atoms with Crippen molar-refractivity contribution in [2.24, 2.45) is 0 Å². The summed E-state index contributed by atoms with van der Waals surface area (Å²) >= 11 is 0. The first kappa shape index (κ1) is 18.3. The van der Waals surface area contributed by atoms with Crippen LogP contribution in [-0.4, -0.2) is 41.6 Å². The normalized spacial score (nSPS) is 13.7. The number of aryl methyl sites for hydroxylation is 1. The second-order valence-corrected chi connectivity index (χ2v) is 6.33. The van der Waals surface area contributed by atoms with Crippen LogP contribution in [-0.2, 0) is 11.3 Å². The first-order chi connectivity index (χ1) is 11.5. The number of anilines is 1. The van der Waals surface area contributed by atoms with Crippen LogP contribution in [0.4, 0.5) is 10.5 Å². The predicted molar refractivity (Wildman–Crippen MR) is 96.4 cm³/mol. The molecule has 3 N–H and O–H groups in total. The molecule has 0 saturated heterocycles. The lowest BCUT2D eigenvalue weighted by molar-refractivity contribution is 0.104. The first-order valence-corrected chi connectivity index (χ1v) is 8.29. The van der Waals surface area contributed by atoms with Crippen LogP contribution < -0.4 is 10.6 Å². The van der Waals surface area contributed by atoms with Gasteiger partial charge in [-0.05, 0) is 43.4 Å². The zero-order valence-electron chi connectivity index (χ0n) is 14.6. The van der Waals surface area contributed by atoms with E-state index in [0.29, 0.717) is 13.0 Å².